The van der Waals surface area contributed by atoms with Crippen molar-refractivity contribution in [2.45, 2.75) is 18.2 Å². The highest BCUT2D eigenvalue weighted by atomic mass is 16.7. The topological polar surface area (TPSA) is 90.0 Å². The SMILES string of the molecule is O=C(NCc1cccnc1)C1C2C=CC3(CN(c4ccc5c(c4)OCO5)C(=O)C13)O2. The molecule has 8 nitrogen and oxygen atoms in total. The molecule has 1 aromatic carbocycles. The van der Waals surface area contributed by atoms with Crippen molar-refractivity contribution >= 4 is 17.5 Å². The Kier molecular flexibility index (Phi) is 3.67. The Morgan fingerprint density at radius 3 is 3.03 bits per heavy atom. The number of aromatic nitrogens is 1. The van der Waals surface area contributed by atoms with Crippen molar-refractivity contribution in [1.82, 2.24) is 10.3 Å². The van der Waals surface area contributed by atoms with Crippen LogP contribution in [0.4, 0.5) is 5.69 Å². The lowest BCUT2D eigenvalue weighted by atomic mass is 9.77. The molecule has 4 atom stereocenters. The second-order valence-corrected chi connectivity index (χ2v) is 7.94. The number of fused-ring (bicyclic) bond motifs is 2. The number of hydrogen-bond donors (Lipinski definition) is 1. The van der Waals surface area contributed by atoms with Crippen LogP contribution in [0.1, 0.15) is 5.56 Å². The lowest BCUT2D eigenvalue weighted by molar-refractivity contribution is -0.132. The molecule has 2 fully saturated rings. The minimum Gasteiger partial charge on any atom is -0.454 e. The molecule has 5 heterocycles. The summed E-state index contributed by atoms with van der Waals surface area (Å²) in [6.45, 7) is 0.904. The molecule has 4 unspecified atom stereocenters. The number of carbonyl (C=O) groups is 2. The summed E-state index contributed by atoms with van der Waals surface area (Å²) in [5.74, 6) is -0.122. The van der Waals surface area contributed by atoms with Gasteiger partial charge in [0.1, 0.15) is 5.60 Å². The molecule has 152 valence electrons. The molecule has 2 bridgehead atoms. The molecule has 1 N–H and O–H groups in total. The Labute approximate surface area is 172 Å². The molecule has 2 aromatic rings. The summed E-state index contributed by atoms with van der Waals surface area (Å²) in [5, 5.41) is 2.94. The fourth-order valence-corrected chi connectivity index (χ4v) is 4.88. The number of nitrogens with zero attached hydrogens (tertiary/aromatic N) is 2. The van der Waals surface area contributed by atoms with Gasteiger partial charge < -0.3 is 24.4 Å². The molecule has 2 amide bonds. The molecule has 8 heteroatoms. The molecule has 6 rings (SSSR count). The number of nitrogens with one attached hydrogen (secondary N) is 1. The van der Waals surface area contributed by atoms with Crippen molar-refractivity contribution in [2.75, 3.05) is 18.2 Å². The molecular formula is C22H19N3O5. The van der Waals surface area contributed by atoms with Gasteiger partial charge in [-0.25, -0.2) is 0 Å². The highest BCUT2D eigenvalue weighted by molar-refractivity contribution is 6.03. The molecule has 2 saturated heterocycles. The monoisotopic (exact) mass is 405 g/mol. The maximum Gasteiger partial charge on any atom is 0.234 e. The number of rotatable bonds is 4. The highest BCUT2D eigenvalue weighted by Crippen LogP contribution is 2.53. The quantitative estimate of drug-likeness (QED) is 0.774. The number of hydrogen-bond acceptors (Lipinski definition) is 6. The van der Waals surface area contributed by atoms with Crippen molar-refractivity contribution in [1.29, 1.82) is 0 Å². The zero-order valence-electron chi connectivity index (χ0n) is 16.0. The van der Waals surface area contributed by atoms with Crippen molar-refractivity contribution in [3.8, 4) is 11.5 Å². The summed E-state index contributed by atoms with van der Waals surface area (Å²) in [6, 6.07) is 9.14. The Morgan fingerprint density at radius 1 is 1.27 bits per heavy atom. The lowest BCUT2D eigenvalue weighted by Crippen LogP contribution is -2.44. The molecule has 0 radical (unpaired) electrons. The number of anilines is 1. The first-order valence-electron chi connectivity index (χ1n) is 9.89. The van der Waals surface area contributed by atoms with Gasteiger partial charge in [-0.15, -0.1) is 0 Å². The highest BCUT2D eigenvalue weighted by Gasteiger charge is 2.67. The summed E-state index contributed by atoms with van der Waals surface area (Å²) in [4.78, 5) is 32.2. The molecule has 0 aliphatic carbocycles. The first-order valence-corrected chi connectivity index (χ1v) is 9.89. The van der Waals surface area contributed by atoms with E-state index >= 15 is 0 Å². The molecule has 4 aliphatic heterocycles. The van der Waals surface area contributed by atoms with E-state index in [0.29, 0.717) is 30.3 Å². The second-order valence-electron chi connectivity index (χ2n) is 7.94. The van der Waals surface area contributed by atoms with E-state index in [2.05, 4.69) is 10.3 Å². The predicted molar refractivity (Wildman–Crippen MR) is 105 cm³/mol. The van der Waals surface area contributed by atoms with Crippen LogP contribution in [0.5, 0.6) is 11.5 Å². The fourth-order valence-electron chi connectivity index (χ4n) is 4.88. The number of ether oxygens (including phenoxy) is 3. The Hall–Kier alpha value is -3.39. The van der Waals surface area contributed by atoms with Gasteiger partial charge in [-0.1, -0.05) is 18.2 Å². The summed E-state index contributed by atoms with van der Waals surface area (Å²) in [6.07, 6.45) is 6.86. The molecule has 1 aromatic heterocycles. The standard InChI is InChI=1S/C22H19N3O5/c26-20(24-10-13-2-1-7-23-9-13)18-16-5-6-22(30-16)11-25(21(27)19(18)22)14-3-4-15-17(8-14)29-12-28-15/h1-9,16,18-19H,10-12H2,(H,24,26). The summed E-state index contributed by atoms with van der Waals surface area (Å²) >= 11 is 0. The van der Waals surface area contributed by atoms with Gasteiger partial charge in [0.15, 0.2) is 11.5 Å². The Balaban J connectivity index is 1.25. The zero-order chi connectivity index (χ0) is 20.3. The average molecular weight is 405 g/mol. The normalized spacial score (nSPS) is 30.1. The molecule has 0 saturated carbocycles. The summed E-state index contributed by atoms with van der Waals surface area (Å²) < 4.78 is 17.0. The maximum atomic E-state index is 13.4. The third-order valence-corrected chi connectivity index (χ3v) is 6.26. The molecule has 4 aliphatic rings. The lowest BCUT2D eigenvalue weighted by Gasteiger charge is -2.23. The number of amides is 2. The van der Waals surface area contributed by atoms with Gasteiger partial charge in [0.2, 0.25) is 18.6 Å². The van der Waals surface area contributed by atoms with Gasteiger partial charge in [-0.05, 0) is 23.8 Å². The Bertz CT molecular complexity index is 1070. The second kappa shape index (κ2) is 6.30. The molecule has 30 heavy (non-hydrogen) atoms. The first-order chi connectivity index (χ1) is 14.6. The number of benzene rings is 1. The van der Waals surface area contributed by atoms with Gasteiger partial charge in [0, 0.05) is 30.7 Å². The maximum absolute atomic E-state index is 13.4. The first kappa shape index (κ1) is 17.5. The van der Waals surface area contributed by atoms with Crippen molar-refractivity contribution in [3.63, 3.8) is 0 Å². The smallest absolute Gasteiger partial charge is 0.234 e. The van der Waals surface area contributed by atoms with Crippen LogP contribution < -0.4 is 19.7 Å². The van der Waals surface area contributed by atoms with Gasteiger partial charge in [0.05, 0.1) is 24.5 Å². The van der Waals surface area contributed by atoms with Gasteiger partial charge >= 0.3 is 0 Å². The van der Waals surface area contributed by atoms with Crippen LogP contribution in [-0.4, -0.2) is 41.8 Å². The van der Waals surface area contributed by atoms with E-state index in [9.17, 15) is 9.59 Å². The van der Waals surface area contributed by atoms with Crippen LogP contribution in [0.3, 0.4) is 0 Å². The predicted octanol–water partition coefficient (Wildman–Crippen LogP) is 1.41. The van der Waals surface area contributed by atoms with Crippen molar-refractivity contribution in [3.05, 3.63) is 60.4 Å². The van der Waals surface area contributed by atoms with Crippen LogP contribution in [0, 0.1) is 11.8 Å². The van der Waals surface area contributed by atoms with Crippen molar-refractivity contribution in [2.24, 2.45) is 11.8 Å². The molecular weight excluding hydrogens is 386 g/mol. The van der Waals surface area contributed by atoms with Crippen LogP contribution >= 0.6 is 0 Å². The Morgan fingerprint density at radius 2 is 2.17 bits per heavy atom. The van der Waals surface area contributed by atoms with Gasteiger partial charge in [-0.2, -0.15) is 0 Å². The minimum atomic E-state index is -0.769. The van der Waals surface area contributed by atoms with E-state index in [1.807, 2.05) is 30.4 Å². The summed E-state index contributed by atoms with van der Waals surface area (Å²) in [5.41, 5.74) is 0.844. The van der Waals surface area contributed by atoms with Crippen LogP contribution in [-0.2, 0) is 20.9 Å². The third-order valence-electron chi connectivity index (χ3n) is 6.26. The van der Waals surface area contributed by atoms with Crippen LogP contribution in [0.2, 0.25) is 0 Å². The molecule has 1 spiro atoms. The number of pyridine rings is 1. The van der Waals surface area contributed by atoms with E-state index in [-0.39, 0.29) is 24.7 Å². The van der Waals surface area contributed by atoms with E-state index in [4.69, 9.17) is 14.2 Å². The van der Waals surface area contributed by atoms with Gasteiger partial charge in [0.25, 0.3) is 0 Å². The van der Waals surface area contributed by atoms with E-state index in [1.165, 1.54) is 0 Å². The number of carbonyl (C=O) groups excluding carboxylic acids is 2. The largest absolute Gasteiger partial charge is 0.454 e. The minimum absolute atomic E-state index is 0.109. The van der Waals surface area contributed by atoms with E-state index < -0.39 is 17.4 Å². The summed E-state index contributed by atoms with van der Waals surface area (Å²) in [7, 11) is 0. The van der Waals surface area contributed by atoms with E-state index in [0.717, 1.165) is 5.56 Å². The fraction of sp³-hybridized carbons (Fsp3) is 0.318. The van der Waals surface area contributed by atoms with E-state index in [1.54, 1.807) is 29.4 Å². The van der Waals surface area contributed by atoms with Crippen LogP contribution in [0.25, 0.3) is 0 Å². The zero-order valence-corrected chi connectivity index (χ0v) is 16.0. The van der Waals surface area contributed by atoms with Gasteiger partial charge in [-0.3, -0.25) is 14.6 Å². The van der Waals surface area contributed by atoms with Crippen molar-refractivity contribution < 1.29 is 23.8 Å². The average Bonchev–Trinajstić information content (AvgIpc) is 3.53. The third kappa shape index (κ3) is 2.46. The van der Waals surface area contributed by atoms with Crippen LogP contribution in [0.15, 0.2) is 54.9 Å².